The minimum Gasteiger partial charge on any atom is -0.380 e. The number of aliphatic hydroxyl groups is 2. The Morgan fingerprint density at radius 1 is 0.947 bits per heavy atom. The molecule has 2 nitrogen and oxygen atoms in total. The second kappa shape index (κ2) is 13.2. The topological polar surface area (TPSA) is 40.5 Å². The van der Waals surface area contributed by atoms with Crippen LogP contribution in [0.1, 0.15) is 58.3 Å². The molecule has 2 N–H and O–H groups in total. The first-order valence-electron chi connectivity index (χ1n) is 7.20. The van der Waals surface area contributed by atoms with Crippen molar-refractivity contribution < 1.29 is 10.2 Å². The summed E-state index contributed by atoms with van der Waals surface area (Å²) in [6, 6.07) is 0. The van der Waals surface area contributed by atoms with Crippen molar-refractivity contribution in [2.24, 2.45) is 0 Å². The number of rotatable bonds is 9. The highest BCUT2D eigenvalue weighted by Crippen LogP contribution is 2.09. The third-order valence-electron chi connectivity index (χ3n) is 2.83. The third kappa shape index (κ3) is 13.0. The maximum Gasteiger partial charge on any atom is 0.134 e. The Hall–Kier alpha value is -1.22. The van der Waals surface area contributed by atoms with Crippen LogP contribution in [0.2, 0.25) is 0 Å². The normalized spacial score (nSPS) is 12.6. The van der Waals surface area contributed by atoms with E-state index in [0.717, 1.165) is 12.8 Å². The van der Waals surface area contributed by atoms with Crippen LogP contribution < -0.4 is 0 Å². The molecule has 0 radical (unpaired) electrons. The second-order valence-electron chi connectivity index (χ2n) is 4.65. The van der Waals surface area contributed by atoms with Crippen molar-refractivity contribution in [3.8, 4) is 23.7 Å². The van der Waals surface area contributed by atoms with Crippen molar-refractivity contribution in [1.29, 1.82) is 0 Å². The molecule has 2 heteroatoms. The first-order chi connectivity index (χ1) is 9.20. The summed E-state index contributed by atoms with van der Waals surface area (Å²) in [5, 5.41) is 18.7. The lowest BCUT2D eigenvalue weighted by Crippen LogP contribution is -2.02. The van der Waals surface area contributed by atoms with Crippen LogP contribution in [0.5, 0.6) is 0 Å². The summed E-state index contributed by atoms with van der Waals surface area (Å²) in [6.07, 6.45) is 9.20. The average molecular weight is 262 g/mol. The third-order valence-corrected chi connectivity index (χ3v) is 2.83. The zero-order chi connectivity index (χ0) is 14.3. The van der Waals surface area contributed by atoms with Crippen molar-refractivity contribution in [2.45, 2.75) is 70.5 Å². The van der Waals surface area contributed by atoms with E-state index in [-0.39, 0.29) is 0 Å². The van der Waals surface area contributed by atoms with E-state index >= 15 is 0 Å². The van der Waals surface area contributed by atoms with Crippen molar-refractivity contribution in [1.82, 2.24) is 0 Å². The van der Waals surface area contributed by atoms with Crippen LogP contribution in [0.25, 0.3) is 0 Å². The number of aliphatic hydroxyl groups excluding tert-OH is 2. The number of hydrogen-bond acceptors (Lipinski definition) is 2. The van der Waals surface area contributed by atoms with Crippen LogP contribution in [0.15, 0.2) is 12.7 Å². The van der Waals surface area contributed by atoms with Crippen molar-refractivity contribution in [2.75, 3.05) is 0 Å². The van der Waals surface area contributed by atoms with Gasteiger partial charge >= 0.3 is 0 Å². The molecule has 0 aromatic carbocycles. The van der Waals surface area contributed by atoms with Crippen LogP contribution >= 0.6 is 0 Å². The fourth-order valence-electron chi connectivity index (χ4n) is 1.66. The minimum atomic E-state index is -0.838. The maximum atomic E-state index is 9.59. The standard InChI is InChI=1S/C17H26O2/c1-3-5-6-7-8-9-10-14-17(19)15-12-11-13-16(18)4-2/h4,16-19H,2-3,5-10,14H2,1H3/t16-,17+/m1/s1. The molecule has 0 saturated carbocycles. The monoisotopic (exact) mass is 262 g/mol. The minimum absolute atomic E-state index is 0.606. The molecule has 0 spiro atoms. The van der Waals surface area contributed by atoms with E-state index in [9.17, 15) is 5.11 Å². The Bertz CT molecular complexity index is 338. The Labute approximate surface area is 117 Å². The molecule has 0 aromatic heterocycles. The molecule has 0 fully saturated rings. The molecule has 0 aliphatic rings. The van der Waals surface area contributed by atoms with E-state index in [1.54, 1.807) is 0 Å². The van der Waals surface area contributed by atoms with Gasteiger partial charge in [-0.3, -0.25) is 0 Å². The highest BCUT2D eigenvalue weighted by atomic mass is 16.3. The Balaban J connectivity index is 3.58. The number of hydrogen-bond donors (Lipinski definition) is 2. The zero-order valence-electron chi connectivity index (χ0n) is 12.0. The smallest absolute Gasteiger partial charge is 0.134 e. The maximum absolute atomic E-state index is 9.59. The molecular formula is C17H26O2. The Morgan fingerprint density at radius 3 is 2.16 bits per heavy atom. The molecule has 0 amide bonds. The van der Waals surface area contributed by atoms with Gasteiger partial charge in [0.2, 0.25) is 0 Å². The fraction of sp³-hybridized carbons (Fsp3) is 0.647. The molecule has 2 atom stereocenters. The van der Waals surface area contributed by atoms with E-state index < -0.39 is 12.2 Å². The summed E-state index contributed by atoms with van der Waals surface area (Å²) in [5.41, 5.74) is 0. The van der Waals surface area contributed by atoms with Gasteiger partial charge in [0.05, 0.1) is 0 Å². The van der Waals surface area contributed by atoms with E-state index in [0.29, 0.717) is 6.42 Å². The van der Waals surface area contributed by atoms with Gasteiger partial charge in [-0.2, -0.15) is 0 Å². The highest BCUT2D eigenvalue weighted by Gasteiger charge is 1.98. The fourth-order valence-corrected chi connectivity index (χ4v) is 1.66. The summed E-state index contributed by atoms with van der Waals surface area (Å²) < 4.78 is 0. The van der Waals surface area contributed by atoms with Gasteiger partial charge in [0.15, 0.2) is 0 Å². The van der Waals surface area contributed by atoms with Crippen LogP contribution in [-0.2, 0) is 0 Å². The molecule has 0 aromatic rings. The van der Waals surface area contributed by atoms with Gasteiger partial charge in [-0.15, -0.1) is 0 Å². The van der Waals surface area contributed by atoms with Gasteiger partial charge in [-0.05, 0) is 24.7 Å². The van der Waals surface area contributed by atoms with Crippen molar-refractivity contribution >= 4 is 0 Å². The van der Waals surface area contributed by atoms with Gasteiger partial charge in [0.25, 0.3) is 0 Å². The van der Waals surface area contributed by atoms with Gasteiger partial charge in [-0.25, -0.2) is 0 Å². The van der Waals surface area contributed by atoms with Crippen LogP contribution in [0, 0.1) is 23.7 Å². The molecule has 0 aliphatic carbocycles. The lowest BCUT2D eigenvalue weighted by molar-refractivity contribution is 0.217. The molecule has 19 heavy (non-hydrogen) atoms. The summed E-state index contributed by atoms with van der Waals surface area (Å²) in [4.78, 5) is 0. The Morgan fingerprint density at radius 2 is 1.53 bits per heavy atom. The molecule has 0 heterocycles. The second-order valence-corrected chi connectivity index (χ2v) is 4.65. The van der Waals surface area contributed by atoms with E-state index in [1.165, 1.54) is 38.2 Å². The van der Waals surface area contributed by atoms with Gasteiger partial charge in [0.1, 0.15) is 12.2 Å². The quantitative estimate of drug-likeness (QED) is 0.381. The average Bonchev–Trinajstić information content (AvgIpc) is 2.42. The summed E-state index contributed by atoms with van der Waals surface area (Å²) in [5.74, 6) is 10.2. The van der Waals surface area contributed by atoms with Crippen LogP contribution in [0.3, 0.4) is 0 Å². The van der Waals surface area contributed by atoms with Crippen LogP contribution in [-0.4, -0.2) is 22.4 Å². The van der Waals surface area contributed by atoms with E-state index in [1.807, 2.05) is 0 Å². The van der Waals surface area contributed by atoms with Crippen molar-refractivity contribution in [3.63, 3.8) is 0 Å². The first-order valence-corrected chi connectivity index (χ1v) is 7.20. The SMILES string of the molecule is C=C[C@@H](O)C#CC#C[C@@H](O)CCCCCCCCC. The molecular weight excluding hydrogens is 236 g/mol. The zero-order valence-corrected chi connectivity index (χ0v) is 12.0. The first kappa shape index (κ1) is 17.8. The van der Waals surface area contributed by atoms with Crippen LogP contribution in [0.4, 0.5) is 0 Å². The predicted octanol–water partition coefficient (Wildman–Crippen LogP) is 3.04. The molecule has 0 aliphatic heterocycles. The molecule has 0 bridgehead atoms. The lowest BCUT2D eigenvalue weighted by Gasteiger charge is -2.03. The van der Waals surface area contributed by atoms with Gasteiger partial charge < -0.3 is 10.2 Å². The van der Waals surface area contributed by atoms with E-state index in [2.05, 4.69) is 37.2 Å². The van der Waals surface area contributed by atoms with E-state index in [4.69, 9.17) is 5.11 Å². The summed E-state index contributed by atoms with van der Waals surface area (Å²) >= 11 is 0. The highest BCUT2D eigenvalue weighted by molar-refractivity contribution is 5.29. The van der Waals surface area contributed by atoms with Gasteiger partial charge in [0, 0.05) is 0 Å². The molecule has 0 rings (SSSR count). The summed E-state index contributed by atoms with van der Waals surface area (Å²) in [6.45, 7) is 5.62. The largest absolute Gasteiger partial charge is 0.380 e. The van der Waals surface area contributed by atoms with Crippen molar-refractivity contribution in [3.05, 3.63) is 12.7 Å². The lowest BCUT2D eigenvalue weighted by atomic mass is 10.1. The van der Waals surface area contributed by atoms with Gasteiger partial charge in [-0.1, -0.05) is 69.9 Å². The predicted molar refractivity (Wildman–Crippen MR) is 80.4 cm³/mol. The number of unbranched alkanes of at least 4 members (excludes halogenated alkanes) is 6. The summed E-state index contributed by atoms with van der Waals surface area (Å²) in [7, 11) is 0. The molecule has 106 valence electrons. The Kier molecular flexibility index (Phi) is 12.4. The molecule has 0 unspecified atom stereocenters. The molecule has 0 saturated heterocycles.